The molecule has 0 N–H and O–H groups in total. The van der Waals surface area contributed by atoms with Gasteiger partial charge in [0.15, 0.2) is 0 Å². The number of rotatable bonds is 3. The first-order valence-electron chi connectivity index (χ1n) is 7.01. The van der Waals surface area contributed by atoms with Crippen molar-refractivity contribution in [3.63, 3.8) is 0 Å². The van der Waals surface area contributed by atoms with Gasteiger partial charge in [0.05, 0.1) is 0 Å². The largest absolute Gasteiger partial charge is 0.0628 e. The lowest BCUT2D eigenvalue weighted by Gasteiger charge is -2.47. The van der Waals surface area contributed by atoms with Crippen LogP contribution in [0.2, 0.25) is 0 Å². The van der Waals surface area contributed by atoms with Gasteiger partial charge in [0.1, 0.15) is 0 Å². The van der Waals surface area contributed by atoms with Crippen LogP contribution in [0.5, 0.6) is 0 Å². The van der Waals surface area contributed by atoms with Crippen molar-refractivity contribution in [3.05, 3.63) is 0 Å². The Balaban J connectivity index is 1.78. The van der Waals surface area contributed by atoms with Gasteiger partial charge in [0, 0.05) is 0 Å². The van der Waals surface area contributed by atoms with Crippen molar-refractivity contribution in [1.82, 2.24) is 0 Å². The molecule has 1 spiro atoms. The Morgan fingerprint density at radius 2 is 1.73 bits per heavy atom. The molecule has 0 aromatic heterocycles. The van der Waals surface area contributed by atoms with Crippen LogP contribution >= 0.6 is 0 Å². The molecule has 2 aliphatic carbocycles. The summed E-state index contributed by atoms with van der Waals surface area (Å²) in [5, 5.41) is 0. The molecular formula is C15H28. The molecule has 0 nitrogen and oxygen atoms in total. The van der Waals surface area contributed by atoms with Crippen LogP contribution in [0.1, 0.15) is 66.2 Å². The standard InChI is InChI=1S/C15H28/c1-11(2)7-13-8-15(9-13)6-5-14(10-15)12(3)4/h11-14H,5-10H2,1-4H3. The van der Waals surface area contributed by atoms with Crippen LogP contribution in [0.4, 0.5) is 0 Å². The summed E-state index contributed by atoms with van der Waals surface area (Å²) < 4.78 is 0. The molecule has 1 unspecified atom stereocenters. The maximum atomic E-state index is 2.41. The van der Waals surface area contributed by atoms with Gasteiger partial charge >= 0.3 is 0 Å². The molecule has 0 radical (unpaired) electrons. The van der Waals surface area contributed by atoms with Crippen molar-refractivity contribution < 1.29 is 0 Å². The topological polar surface area (TPSA) is 0 Å². The van der Waals surface area contributed by atoms with Crippen LogP contribution in [-0.4, -0.2) is 0 Å². The second kappa shape index (κ2) is 4.11. The zero-order chi connectivity index (χ0) is 11.1. The first-order valence-corrected chi connectivity index (χ1v) is 7.01. The highest BCUT2D eigenvalue weighted by atomic mass is 14.5. The van der Waals surface area contributed by atoms with Gasteiger partial charge in [-0.3, -0.25) is 0 Å². The van der Waals surface area contributed by atoms with Gasteiger partial charge in [-0.25, -0.2) is 0 Å². The van der Waals surface area contributed by atoms with E-state index in [4.69, 9.17) is 0 Å². The van der Waals surface area contributed by atoms with Gasteiger partial charge in [-0.1, -0.05) is 27.7 Å². The molecule has 0 aromatic carbocycles. The van der Waals surface area contributed by atoms with Gasteiger partial charge < -0.3 is 0 Å². The summed E-state index contributed by atoms with van der Waals surface area (Å²) in [5.41, 5.74) is 0.828. The molecule has 0 aromatic rings. The predicted octanol–water partition coefficient (Wildman–Crippen LogP) is 4.89. The van der Waals surface area contributed by atoms with Gasteiger partial charge in [-0.05, 0) is 67.6 Å². The van der Waals surface area contributed by atoms with E-state index in [2.05, 4.69) is 27.7 Å². The zero-order valence-electron chi connectivity index (χ0n) is 11.1. The van der Waals surface area contributed by atoms with Crippen LogP contribution in [0.3, 0.4) is 0 Å². The molecular weight excluding hydrogens is 180 g/mol. The molecule has 2 saturated carbocycles. The van der Waals surface area contributed by atoms with E-state index in [0.29, 0.717) is 0 Å². The Morgan fingerprint density at radius 1 is 1.07 bits per heavy atom. The Labute approximate surface area is 95.8 Å². The third-order valence-corrected chi connectivity index (χ3v) is 4.93. The van der Waals surface area contributed by atoms with E-state index in [1.807, 2.05) is 0 Å². The summed E-state index contributed by atoms with van der Waals surface area (Å²) in [6.07, 6.45) is 9.23. The fourth-order valence-electron chi connectivity index (χ4n) is 4.19. The Hall–Kier alpha value is 0. The molecule has 0 heterocycles. The highest BCUT2D eigenvalue weighted by Crippen LogP contribution is 2.60. The Bertz CT molecular complexity index is 208. The summed E-state index contributed by atoms with van der Waals surface area (Å²) in [6, 6.07) is 0. The van der Waals surface area contributed by atoms with Gasteiger partial charge in [-0.2, -0.15) is 0 Å². The quantitative estimate of drug-likeness (QED) is 0.620. The molecule has 1 atom stereocenters. The lowest BCUT2D eigenvalue weighted by molar-refractivity contribution is 0.0420. The summed E-state index contributed by atoms with van der Waals surface area (Å²) in [6.45, 7) is 9.56. The van der Waals surface area contributed by atoms with Crippen LogP contribution < -0.4 is 0 Å². The van der Waals surface area contributed by atoms with E-state index < -0.39 is 0 Å². The lowest BCUT2D eigenvalue weighted by atomic mass is 9.59. The number of hydrogen-bond acceptors (Lipinski definition) is 0. The van der Waals surface area contributed by atoms with E-state index in [9.17, 15) is 0 Å². The second-order valence-electron chi connectivity index (χ2n) is 7.15. The van der Waals surface area contributed by atoms with Crippen molar-refractivity contribution in [1.29, 1.82) is 0 Å². The van der Waals surface area contributed by atoms with E-state index >= 15 is 0 Å². The molecule has 0 saturated heterocycles. The fourth-order valence-corrected chi connectivity index (χ4v) is 4.19. The second-order valence-corrected chi connectivity index (χ2v) is 7.15. The van der Waals surface area contributed by atoms with Crippen LogP contribution in [0.25, 0.3) is 0 Å². The van der Waals surface area contributed by atoms with Crippen molar-refractivity contribution in [2.24, 2.45) is 29.1 Å². The van der Waals surface area contributed by atoms with Crippen molar-refractivity contribution in [3.8, 4) is 0 Å². The molecule has 0 heteroatoms. The van der Waals surface area contributed by atoms with Crippen molar-refractivity contribution in [2.75, 3.05) is 0 Å². The minimum absolute atomic E-state index is 0.828. The number of hydrogen-bond donors (Lipinski definition) is 0. The minimum atomic E-state index is 0.828. The van der Waals surface area contributed by atoms with Gasteiger partial charge in [0.2, 0.25) is 0 Å². The summed E-state index contributed by atoms with van der Waals surface area (Å²) in [4.78, 5) is 0. The molecule has 2 fully saturated rings. The molecule has 0 amide bonds. The molecule has 2 rings (SSSR count). The van der Waals surface area contributed by atoms with Crippen LogP contribution in [-0.2, 0) is 0 Å². The van der Waals surface area contributed by atoms with E-state index in [-0.39, 0.29) is 0 Å². The maximum Gasteiger partial charge on any atom is -0.0289 e. The average Bonchev–Trinajstić information content (AvgIpc) is 2.47. The Kier molecular flexibility index (Phi) is 3.14. The summed E-state index contributed by atoms with van der Waals surface area (Å²) >= 11 is 0. The minimum Gasteiger partial charge on any atom is -0.0628 e. The Morgan fingerprint density at radius 3 is 2.20 bits per heavy atom. The summed E-state index contributed by atoms with van der Waals surface area (Å²) in [5.74, 6) is 3.96. The lowest BCUT2D eigenvalue weighted by Crippen LogP contribution is -2.35. The summed E-state index contributed by atoms with van der Waals surface area (Å²) in [7, 11) is 0. The first kappa shape index (κ1) is 11.5. The van der Waals surface area contributed by atoms with Gasteiger partial charge in [-0.15, -0.1) is 0 Å². The molecule has 15 heavy (non-hydrogen) atoms. The molecule has 0 aliphatic heterocycles. The molecule has 0 bridgehead atoms. The average molecular weight is 208 g/mol. The molecule has 88 valence electrons. The van der Waals surface area contributed by atoms with E-state index in [0.717, 1.165) is 29.1 Å². The molecule has 2 aliphatic rings. The van der Waals surface area contributed by atoms with Crippen molar-refractivity contribution in [2.45, 2.75) is 66.2 Å². The van der Waals surface area contributed by atoms with Gasteiger partial charge in [0.25, 0.3) is 0 Å². The van der Waals surface area contributed by atoms with E-state index in [1.54, 1.807) is 25.7 Å². The smallest absolute Gasteiger partial charge is 0.0289 e. The third kappa shape index (κ3) is 2.40. The van der Waals surface area contributed by atoms with E-state index in [1.165, 1.54) is 12.8 Å². The van der Waals surface area contributed by atoms with Crippen LogP contribution in [0.15, 0.2) is 0 Å². The normalized spacial score (nSPS) is 40.4. The third-order valence-electron chi connectivity index (χ3n) is 4.93. The zero-order valence-corrected chi connectivity index (χ0v) is 11.1. The highest BCUT2D eigenvalue weighted by molar-refractivity contribution is 4.99. The fraction of sp³-hybridized carbons (Fsp3) is 1.00. The first-order chi connectivity index (χ1) is 7.01. The SMILES string of the molecule is CC(C)CC1CC2(CCC(C(C)C)C2)C1. The van der Waals surface area contributed by atoms with Crippen LogP contribution in [0, 0.1) is 29.1 Å². The highest BCUT2D eigenvalue weighted by Gasteiger charge is 2.48. The monoisotopic (exact) mass is 208 g/mol. The van der Waals surface area contributed by atoms with Crippen molar-refractivity contribution >= 4 is 0 Å². The predicted molar refractivity (Wildman–Crippen MR) is 66.8 cm³/mol. The maximum absolute atomic E-state index is 2.41.